The highest BCUT2D eigenvalue weighted by Crippen LogP contribution is 2.28. The Morgan fingerprint density at radius 3 is 2.77 bits per heavy atom. The Bertz CT molecular complexity index is 992. The van der Waals surface area contributed by atoms with Crippen LogP contribution in [0, 0.1) is 11.3 Å². The minimum absolute atomic E-state index is 0.0841. The van der Waals surface area contributed by atoms with Gasteiger partial charge in [0.05, 0.1) is 29.6 Å². The molecule has 3 aromatic rings. The van der Waals surface area contributed by atoms with Crippen LogP contribution in [0.25, 0.3) is 16.9 Å². The predicted octanol–water partition coefficient (Wildman–Crippen LogP) is 4.60. The second-order valence-corrected chi connectivity index (χ2v) is 5.67. The molecule has 0 bridgehead atoms. The highest BCUT2D eigenvalue weighted by molar-refractivity contribution is 6.30. The van der Waals surface area contributed by atoms with Gasteiger partial charge in [-0.2, -0.15) is 5.26 Å². The zero-order chi connectivity index (χ0) is 18.5. The lowest BCUT2D eigenvalue weighted by Crippen LogP contribution is -2.10. The summed E-state index contributed by atoms with van der Waals surface area (Å²) in [7, 11) is 0. The van der Waals surface area contributed by atoms with E-state index in [1.165, 1.54) is 0 Å². The summed E-state index contributed by atoms with van der Waals surface area (Å²) in [6.45, 7) is 1.88. The molecule has 0 atom stereocenters. The SMILES string of the molecule is CCOC(=O)Oc1cc(-c2cccc(C#N)c2)n(-c2cccc(Cl)c2)n1. The van der Waals surface area contributed by atoms with Gasteiger partial charge < -0.3 is 9.47 Å². The Morgan fingerprint density at radius 1 is 1.23 bits per heavy atom. The van der Waals surface area contributed by atoms with Crippen LogP contribution in [0.4, 0.5) is 4.79 Å². The summed E-state index contributed by atoms with van der Waals surface area (Å²) in [5.41, 5.74) is 2.58. The number of rotatable bonds is 4. The molecule has 3 rings (SSSR count). The van der Waals surface area contributed by atoms with Gasteiger partial charge in [-0.3, -0.25) is 0 Å². The molecule has 26 heavy (non-hydrogen) atoms. The third-order valence-corrected chi connectivity index (χ3v) is 3.71. The number of aromatic nitrogens is 2. The van der Waals surface area contributed by atoms with Crippen molar-refractivity contribution in [3.8, 4) is 28.9 Å². The van der Waals surface area contributed by atoms with Crippen molar-refractivity contribution < 1.29 is 14.3 Å². The fraction of sp³-hybridized carbons (Fsp3) is 0.105. The molecular formula is C19H14ClN3O3. The molecule has 130 valence electrons. The van der Waals surface area contributed by atoms with E-state index < -0.39 is 6.16 Å². The van der Waals surface area contributed by atoms with Gasteiger partial charge in [-0.25, -0.2) is 9.48 Å². The van der Waals surface area contributed by atoms with Crippen LogP contribution in [0.1, 0.15) is 12.5 Å². The summed E-state index contributed by atoms with van der Waals surface area (Å²) in [6, 6.07) is 17.9. The second kappa shape index (κ2) is 7.72. The molecule has 0 N–H and O–H groups in total. The van der Waals surface area contributed by atoms with E-state index in [0.717, 1.165) is 5.56 Å². The number of nitrogens with zero attached hydrogens (tertiary/aromatic N) is 3. The van der Waals surface area contributed by atoms with E-state index in [9.17, 15) is 4.79 Å². The third-order valence-electron chi connectivity index (χ3n) is 3.48. The molecule has 0 spiro atoms. The van der Waals surface area contributed by atoms with Crippen molar-refractivity contribution in [2.75, 3.05) is 6.61 Å². The summed E-state index contributed by atoms with van der Waals surface area (Å²) in [5.74, 6) is 0.0841. The molecule has 1 aromatic heterocycles. The van der Waals surface area contributed by atoms with E-state index in [-0.39, 0.29) is 12.5 Å². The lowest BCUT2D eigenvalue weighted by Gasteiger charge is -2.08. The van der Waals surface area contributed by atoms with E-state index in [2.05, 4.69) is 11.2 Å². The van der Waals surface area contributed by atoms with Crippen LogP contribution in [0.2, 0.25) is 5.02 Å². The fourth-order valence-electron chi connectivity index (χ4n) is 2.40. The molecule has 0 fully saturated rings. The van der Waals surface area contributed by atoms with Crippen molar-refractivity contribution in [2.24, 2.45) is 0 Å². The molecule has 0 aliphatic carbocycles. The van der Waals surface area contributed by atoms with E-state index in [1.54, 1.807) is 54.1 Å². The normalized spacial score (nSPS) is 10.2. The van der Waals surface area contributed by atoms with Crippen LogP contribution in [0.3, 0.4) is 0 Å². The minimum Gasteiger partial charge on any atom is -0.434 e. The van der Waals surface area contributed by atoms with Crippen LogP contribution in [-0.4, -0.2) is 22.5 Å². The molecule has 0 aliphatic rings. The van der Waals surface area contributed by atoms with Crippen molar-refractivity contribution in [3.05, 3.63) is 65.2 Å². The fourth-order valence-corrected chi connectivity index (χ4v) is 2.58. The Balaban J connectivity index is 2.10. The highest BCUT2D eigenvalue weighted by Gasteiger charge is 2.16. The van der Waals surface area contributed by atoms with Crippen molar-refractivity contribution in [1.29, 1.82) is 5.26 Å². The van der Waals surface area contributed by atoms with Gasteiger partial charge in [0, 0.05) is 16.7 Å². The quantitative estimate of drug-likeness (QED) is 0.630. The second-order valence-electron chi connectivity index (χ2n) is 5.24. The van der Waals surface area contributed by atoms with E-state index in [4.69, 9.17) is 26.3 Å². The molecule has 0 amide bonds. The van der Waals surface area contributed by atoms with Gasteiger partial charge in [-0.15, -0.1) is 5.10 Å². The lowest BCUT2D eigenvalue weighted by molar-refractivity contribution is 0.102. The number of benzene rings is 2. The summed E-state index contributed by atoms with van der Waals surface area (Å²) in [5, 5.41) is 14.0. The van der Waals surface area contributed by atoms with Crippen LogP contribution >= 0.6 is 11.6 Å². The van der Waals surface area contributed by atoms with Crippen molar-refractivity contribution in [1.82, 2.24) is 9.78 Å². The standard InChI is InChI=1S/C19H14ClN3O3/c1-2-25-19(24)26-18-11-17(14-6-3-5-13(9-14)12-21)23(22-18)16-8-4-7-15(20)10-16/h3-11H,2H2,1H3. The smallest absolute Gasteiger partial charge is 0.434 e. The van der Waals surface area contributed by atoms with Crippen LogP contribution in [0.5, 0.6) is 5.88 Å². The number of carbonyl (C=O) groups excluding carboxylic acids is 1. The molecule has 0 unspecified atom stereocenters. The van der Waals surface area contributed by atoms with Gasteiger partial charge in [0.25, 0.3) is 0 Å². The molecular weight excluding hydrogens is 354 g/mol. The van der Waals surface area contributed by atoms with Gasteiger partial charge in [0.2, 0.25) is 5.88 Å². The molecule has 6 nitrogen and oxygen atoms in total. The summed E-state index contributed by atoms with van der Waals surface area (Å²) in [6.07, 6.45) is -0.833. The molecule has 1 heterocycles. The Hall–Kier alpha value is -3.30. The average Bonchev–Trinajstić information content (AvgIpc) is 3.05. The van der Waals surface area contributed by atoms with Crippen LogP contribution in [-0.2, 0) is 4.74 Å². The van der Waals surface area contributed by atoms with Crippen molar-refractivity contribution >= 4 is 17.8 Å². The highest BCUT2D eigenvalue weighted by atomic mass is 35.5. The van der Waals surface area contributed by atoms with E-state index >= 15 is 0 Å². The number of ether oxygens (including phenoxy) is 2. The molecule has 2 aromatic carbocycles. The van der Waals surface area contributed by atoms with Gasteiger partial charge in [0.15, 0.2) is 0 Å². The third kappa shape index (κ3) is 3.85. The van der Waals surface area contributed by atoms with Crippen molar-refractivity contribution in [3.63, 3.8) is 0 Å². The van der Waals surface area contributed by atoms with Gasteiger partial charge in [0.1, 0.15) is 0 Å². The monoisotopic (exact) mass is 367 g/mol. The van der Waals surface area contributed by atoms with E-state index in [0.29, 0.717) is 22.0 Å². The van der Waals surface area contributed by atoms with Crippen LogP contribution < -0.4 is 4.74 Å². The maximum absolute atomic E-state index is 11.6. The Kier molecular flexibility index (Phi) is 5.20. The first-order chi connectivity index (χ1) is 12.6. The maximum atomic E-state index is 11.6. The first kappa shape index (κ1) is 17.5. The topological polar surface area (TPSA) is 77.1 Å². The molecule has 0 saturated heterocycles. The van der Waals surface area contributed by atoms with Crippen molar-refractivity contribution in [2.45, 2.75) is 6.92 Å². The van der Waals surface area contributed by atoms with E-state index in [1.807, 2.05) is 12.1 Å². The molecule has 0 saturated carbocycles. The summed E-state index contributed by atoms with van der Waals surface area (Å²) >= 11 is 6.08. The minimum atomic E-state index is -0.833. The number of carbonyl (C=O) groups is 1. The van der Waals surface area contributed by atoms with Gasteiger partial charge in [-0.1, -0.05) is 29.8 Å². The number of nitriles is 1. The first-order valence-electron chi connectivity index (χ1n) is 7.82. The average molecular weight is 368 g/mol. The lowest BCUT2D eigenvalue weighted by atomic mass is 10.1. The Morgan fingerprint density at radius 2 is 2.04 bits per heavy atom. The zero-order valence-corrected chi connectivity index (χ0v) is 14.6. The summed E-state index contributed by atoms with van der Waals surface area (Å²) < 4.78 is 11.5. The molecule has 0 aliphatic heterocycles. The Labute approximate surface area is 155 Å². The zero-order valence-electron chi connectivity index (χ0n) is 13.8. The predicted molar refractivity (Wildman–Crippen MR) is 96.4 cm³/mol. The summed E-state index contributed by atoms with van der Waals surface area (Å²) in [4.78, 5) is 11.6. The number of halogens is 1. The number of hydrogen-bond acceptors (Lipinski definition) is 5. The van der Waals surface area contributed by atoms with Gasteiger partial charge >= 0.3 is 6.16 Å². The van der Waals surface area contributed by atoms with Crippen LogP contribution in [0.15, 0.2) is 54.6 Å². The first-order valence-corrected chi connectivity index (χ1v) is 8.19. The maximum Gasteiger partial charge on any atom is 0.515 e. The van der Waals surface area contributed by atoms with Gasteiger partial charge in [-0.05, 0) is 37.3 Å². The molecule has 7 heteroatoms. The largest absolute Gasteiger partial charge is 0.515 e. The molecule has 0 radical (unpaired) electrons. The number of hydrogen-bond donors (Lipinski definition) is 0.